The van der Waals surface area contributed by atoms with Crippen molar-refractivity contribution in [2.24, 2.45) is 5.73 Å². The van der Waals surface area contributed by atoms with Gasteiger partial charge < -0.3 is 5.73 Å². The molecule has 4 rings (SSSR count). The lowest BCUT2D eigenvalue weighted by Gasteiger charge is -2.07. The lowest BCUT2D eigenvalue weighted by molar-refractivity contribution is 1.21. The summed E-state index contributed by atoms with van der Waals surface area (Å²) in [5, 5.41) is 2.34. The molecule has 0 aliphatic rings. The molecule has 2 aromatic heterocycles. The number of aromatic nitrogens is 2. The molecule has 0 saturated carbocycles. The minimum Gasteiger partial charge on any atom is -0.405 e. The number of hydrogen-bond donors (Lipinski definition) is 1. The summed E-state index contributed by atoms with van der Waals surface area (Å²) in [7, 11) is 0. The molecule has 3 nitrogen and oxygen atoms in total. The second-order valence-corrected chi connectivity index (χ2v) is 5.17. The summed E-state index contributed by atoms with van der Waals surface area (Å²) in [6.07, 6.45) is 3.41. The summed E-state index contributed by atoms with van der Waals surface area (Å²) in [4.78, 5) is 4.83. The largest absolute Gasteiger partial charge is 0.405 e. The Bertz CT molecular complexity index is 1010. The number of rotatable bonds is 1. The van der Waals surface area contributed by atoms with Crippen LogP contribution < -0.4 is 5.73 Å². The molecule has 0 saturated heterocycles. The fraction of sp³-hybridized carbons (Fsp3) is 0.0556. The Morgan fingerprint density at radius 3 is 2.29 bits per heavy atom. The highest BCUT2D eigenvalue weighted by atomic mass is 15.0. The smallest absolute Gasteiger partial charge is 0.141 e. The fourth-order valence-electron chi connectivity index (χ4n) is 3.04. The van der Waals surface area contributed by atoms with E-state index in [4.69, 9.17) is 10.7 Å². The van der Waals surface area contributed by atoms with Gasteiger partial charge in [0.2, 0.25) is 0 Å². The molecule has 0 bridgehead atoms. The Balaban J connectivity index is 2.35. The molecule has 0 aliphatic heterocycles. The summed E-state index contributed by atoms with van der Waals surface area (Å²) < 4.78 is 2.23. The average Bonchev–Trinajstić information content (AvgIpc) is 2.82. The molecule has 3 heteroatoms. The maximum atomic E-state index is 5.58. The van der Waals surface area contributed by atoms with E-state index in [1.54, 1.807) is 6.20 Å². The minimum absolute atomic E-state index is 0.909. The number of nitrogens with zero attached hydrogens (tertiary/aromatic N) is 2. The first-order valence-corrected chi connectivity index (χ1v) is 6.98. The topological polar surface area (TPSA) is 43.3 Å². The van der Waals surface area contributed by atoms with Crippen LogP contribution in [0.1, 0.15) is 11.3 Å². The van der Waals surface area contributed by atoms with E-state index in [0.29, 0.717) is 0 Å². The SMILES string of the molecule is Cc1c2ccccc2n2c1nc(C=CN)c1ccccc12. The lowest BCUT2D eigenvalue weighted by atomic mass is 10.2. The second-order valence-electron chi connectivity index (χ2n) is 5.17. The van der Waals surface area contributed by atoms with Gasteiger partial charge in [0.25, 0.3) is 0 Å². The maximum absolute atomic E-state index is 5.58. The van der Waals surface area contributed by atoms with E-state index in [1.807, 2.05) is 12.1 Å². The first kappa shape index (κ1) is 12.0. The highest BCUT2D eigenvalue weighted by molar-refractivity contribution is 5.98. The van der Waals surface area contributed by atoms with Crippen LogP contribution in [0.4, 0.5) is 0 Å². The number of aryl methyl sites for hydroxylation is 1. The molecule has 4 aromatic rings. The molecule has 2 heterocycles. The van der Waals surface area contributed by atoms with Crippen molar-refractivity contribution < 1.29 is 0 Å². The molecule has 0 atom stereocenters. The van der Waals surface area contributed by atoms with Crippen LogP contribution in [0.3, 0.4) is 0 Å². The van der Waals surface area contributed by atoms with Gasteiger partial charge in [0, 0.05) is 16.3 Å². The number of nitrogens with two attached hydrogens (primary N) is 1. The molecule has 0 radical (unpaired) electrons. The molecule has 2 aromatic carbocycles. The standard InChI is InChI=1S/C18H15N3/c1-12-13-6-2-4-8-16(13)21-17-9-5-3-7-14(17)15(10-11-19)20-18(12)21/h2-11H,19H2,1H3. The molecule has 21 heavy (non-hydrogen) atoms. The Labute approximate surface area is 122 Å². The van der Waals surface area contributed by atoms with Crippen LogP contribution in [-0.2, 0) is 0 Å². The third kappa shape index (κ3) is 1.57. The summed E-state index contributed by atoms with van der Waals surface area (Å²) in [5.41, 5.74) is 11.0. The van der Waals surface area contributed by atoms with Gasteiger partial charge >= 0.3 is 0 Å². The quantitative estimate of drug-likeness (QED) is 0.572. The van der Waals surface area contributed by atoms with E-state index in [2.05, 4.69) is 53.8 Å². The van der Waals surface area contributed by atoms with E-state index in [-0.39, 0.29) is 0 Å². The Hall–Kier alpha value is -2.81. The molecule has 0 unspecified atom stereocenters. The molecule has 102 valence electrons. The highest BCUT2D eigenvalue weighted by Gasteiger charge is 2.13. The minimum atomic E-state index is 0.909. The molecular formula is C18H15N3. The molecule has 0 amide bonds. The number of hydrogen-bond acceptors (Lipinski definition) is 2. The van der Waals surface area contributed by atoms with E-state index in [0.717, 1.165) is 22.2 Å². The second kappa shape index (κ2) is 4.35. The van der Waals surface area contributed by atoms with Crippen molar-refractivity contribution in [3.05, 3.63) is 66.0 Å². The third-order valence-corrected chi connectivity index (χ3v) is 4.00. The van der Waals surface area contributed by atoms with Crippen LogP contribution in [0, 0.1) is 6.92 Å². The van der Waals surface area contributed by atoms with Crippen LogP contribution in [-0.4, -0.2) is 9.38 Å². The van der Waals surface area contributed by atoms with Crippen LogP contribution in [0.15, 0.2) is 54.7 Å². The van der Waals surface area contributed by atoms with E-state index in [9.17, 15) is 0 Å². The summed E-state index contributed by atoms with van der Waals surface area (Å²) in [6.45, 7) is 2.12. The third-order valence-electron chi connectivity index (χ3n) is 4.00. The van der Waals surface area contributed by atoms with Gasteiger partial charge in [0.05, 0.1) is 16.7 Å². The summed E-state index contributed by atoms with van der Waals surface area (Å²) in [6, 6.07) is 16.7. The van der Waals surface area contributed by atoms with Crippen LogP contribution in [0.2, 0.25) is 0 Å². The van der Waals surface area contributed by atoms with Crippen LogP contribution in [0.5, 0.6) is 0 Å². The molecule has 0 spiro atoms. The van der Waals surface area contributed by atoms with Gasteiger partial charge in [-0.2, -0.15) is 0 Å². The van der Waals surface area contributed by atoms with Crippen molar-refractivity contribution >= 4 is 33.5 Å². The first-order chi connectivity index (χ1) is 10.3. The van der Waals surface area contributed by atoms with Crippen molar-refractivity contribution in [1.82, 2.24) is 9.38 Å². The summed E-state index contributed by atoms with van der Waals surface area (Å²) in [5.74, 6) is 0. The maximum Gasteiger partial charge on any atom is 0.141 e. The molecule has 2 N–H and O–H groups in total. The van der Waals surface area contributed by atoms with Gasteiger partial charge in [-0.05, 0) is 31.3 Å². The van der Waals surface area contributed by atoms with Gasteiger partial charge in [-0.1, -0.05) is 36.4 Å². The Kier molecular flexibility index (Phi) is 2.48. The molecule has 0 fully saturated rings. The fourth-order valence-corrected chi connectivity index (χ4v) is 3.04. The van der Waals surface area contributed by atoms with Crippen LogP contribution in [0.25, 0.3) is 33.5 Å². The zero-order chi connectivity index (χ0) is 14.4. The highest BCUT2D eigenvalue weighted by Crippen LogP contribution is 2.30. The van der Waals surface area contributed by atoms with Crippen molar-refractivity contribution in [3.8, 4) is 0 Å². The average molecular weight is 273 g/mol. The first-order valence-electron chi connectivity index (χ1n) is 6.98. The van der Waals surface area contributed by atoms with Crippen LogP contribution >= 0.6 is 0 Å². The van der Waals surface area contributed by atoms with Crippen molar-refractivity contribution in [1.29, 1.82) is 0 Å². The predicted octanol–water partition coefficient (Wildman–Crippen LogP) is 3.88. The van der Waals surface area contributed by atoms with E-state index >= 15 is 0 Å². The van der Waals surface area contributed by atoms with Crippen molar-refractivity contribution in [2.45, 2.75) is 6.92 Å². The molecule has 0 aliphatic carbocycles. The van der Waals surface area contributed by atoms with Gasteiger partial charge in [0.15, 0.2) is 0 Å². The van der Waals surface area contributed by atoms with E-state index in [1.165, 1.54) is 16.5 Å². The van der Waals surface area contributed by atoms with Gasteiger partial charge in [-0.25, -0.2) is 4.98 Å². The number of fused-ring (bicyclic) bond motifs is 5. The monoisotopic (exact) mass is 273 g/mol. The number of benzene rings is 2. The Morgan fingerprint density at radius 1 is 0.952 bits per heavy atom. The number of para-hydroxylation sites is 2. The van der Waals surface area contributed by atoms with Gasteiger partial charge in [-0.15, -0.1) is 0 Å². The zero-order valence-corrected chi connectivity index (χ0v) is 11.7. The lowest BCUT2D eigenvalue weighted by Crippen LogP contribution is -1.95. The zero-order valence-electron chi connectivity index (χ0n) is 11.7. The predicted molar refractivity (Wildman–Crippen MR) is 88.2 cm³/mol. The van der Waals surface area contributed by atoms with E-state index < -0.39 is 0 Å². The molecular weight excluding hydrogens is 258 g/mol. The van der Waals surface area contributed by atoms with Gasteiger partial charge in [-0.3, -0.25) is 4.40 Å². The summed E-state index contributed by atoms with van der Waals surface area (Å²) >= 11 is 0. The van der Waals surface area contributed by atoms with Crippen molar-refractivity contribution in [2.75, 3.05) is 0 Å². The Morgan fingerprint density at radius 2 is 1.57 bits per heavy atom. The van der Waals surface area contributed by atoms with Crippen molar-refractivity contribution in [3.63, 3.8) is 0 Å². The van der Waals surface area contributed by atoms with Gasteiger partial charge in [0.1, 0.15) is 5.65 Å². The normalized spacial score (nSPS) is 12.0.